The van der Waals surface area contributed by atoms with Crippen LogP contribution in [0, 0.1) is 5.92 Å². The van der Waals surface area contributed by atoms with E-state index in [1.807, 2.05) is 56.6 Å². The van der Waals surface area contributed by atoms with Crippen LogP contribution in [0.25, 0.3) is 11.1 Å². The Kier molecular flexibility index (Phi) is 8.45. The van der Waals surface area contributed by atoms with E-state index < -0.39 is 0 Å². The van der Waals surface area contributed by atoms with E-state index in [-0.39, 0.29) is 5.97 Å². The Morgan fingerprint density at radius 2 is 1.33 bits per heavy atom. The summed E-state index contributed by atoms with van der Waals surface area (Å²) in [5.41, 5.74) is 5.79. The number of rotatable bonds is 9. The molecule has 4 heteroatoms. The van der Waals surface area contributed by atoms with Gasteiger partial charge >= 0.3 is 5.97 Å². The van der Waals surface area contributed by atoms with Crippen molar-refractivity contribution >= 4 is 17.1 Å². The van der Waals surface area contributed by atoms with Crippen molar-refractivity contribution in [2.75, 3.05) is 27.2 Å². The summed E-state index contributed by atoms with van der Waals surface area (Å²) in [6, 6.07) is 26.5. The molecule has 0 bridgehead atoms. The fourth-order valence-electron chi connectivity index (χ4n) is 3.78. The number of allylic oxidation sites excluding steroid dienone is 1. The topological polar surface area (TPSA) is 38.8 Å². The van der Waals surface area contributed by atoms with Gasteiger partial charge < -0.3 is 14.4 Å². The Labute approximate surface area is 197 Å². The predicted octanol–water partition coefficient (Wildman–Crippen LogP) is 6.17. The number of hydrogen-bond acceptors (Lipinski definition) is 4. The Bertz CT molecular complexity index is 1070. The van der Waals surface area contributed by atoms with Crippen molar-refractivity contribution in [3.8, 4) is 11.5 Å². The molecular formula is C29H33NO3. The van der Waals surface area contributed by atoms with Gasteiger partial charge in [0.05, 0.1) is 0 Å². The number of carbonyl (C=O) groups is 1. The van der Waals surface area contributed by atoms with Gasteiger partial charge in [0.25, 0.3) is 0 Å². The van der Waals surface area contributed by atoms with Crippen molar-refractivity contribution in [1.29, 1.82) is 0 Å². The molecular weight excluding hydrogens is 410 g/mol. The van der Waals surface area contributed by atoms with Gasteiger partial charge in [0, 0.05) is 13.5 Å². The summed E-state index contributed by atoms with van der Waals surface area (Å²) in [5, 5.41) is 0. The predicted molar refractivity (Wildman–Crippen MR) is 135 cm³/mol. The normalized spacial score (nSPS) is 12.0. The highest BCUT2D eigenvalue weighted by Crippen LogP contribution is 2.37. The standard InChI is InChI=1S/C29H33NO3/c1-21(2)28(23-9-7-6-8-10-23)29(25-13-17-27(18-14-25)33-22(3)31)24-11-15-26(16-12-24)32-20-19-30(4)5/h6-18,21H,19-20H2,1-5H3/b29-28-. The molecule has 0 radical (unpaired) electrons. The van der Waals surface area contributed by atoms with Crippen molar-refractivity contribution in [2.45, 2.75) is 20.8 Å². The number of nitrogens with zero attached hydrogens (tertiary/aromatic N) is 1. The second-order valence-electron chi connectivity index (χ2n) is 8.60. The lowest BCUT2D eigenvalue weighted by Gasteiger charge is -2.21. The fraction of sp³-hybridized carbons (Fsp3) is 0.276. The second-order valence-corrected chi connectivity index (χ2v) is 8.60. The molecule has 0 aromatic heterocycles. The van der Waals surface area contributed by atoms with Crippen molar-refractivity contribution in [3.05, 3.63) is 95.6 Å². The minimum atomic E-state index is -0.324. The van der Waals surface area contributed by atoms with Gasteiger partial charge in [-0.25, -0.2) is 0 Å². The summed E-state index contributed by atoms with van der Waals surface area (Å²) >= 11 is 0. The van der Waals surface area contributed by atoms with Crippen LogP contribution in [0.3, 0.4) is 0 Å². The third kappa shape index (κ3) is 6.80. The largest absolute Gasteiger partial charge is 0.492 e. The highest BCUT2D eigenvalue weighted by atomic mass is 16.5. The van der Waals surface area contributed by atoms with Crippen LogP contribution in [0.5, 0.6) is 11.5 Å². The summed E-state index contributed by atoms with van der Waals surface area (Å²) in [7, 11) is 4.07. The van der Waals surface area contributed by atoms with Crippen LogP contribution in [0.1, 0.15) is 37.5 Å². The average molecular weight is 444 g/mol. The first-order valence-electron chi connectivity index (χ1n) is 11.3. The zero-order chi connectivity index (χ0) is 23.8. The van der Waals surface area contributed by atoms with Crippen LogP contribution in [0.15, 0.2) is 78.9 Å². The van der Waals surface area contributed by atoms with Gasteiger partial charge in [0.2, 0.25) is 0 Å². The lowest BCUT2D eigenvalue weighted by molar-refractivity contribution is -0.131. The first kappa shape index (κ1) is 24.3. The Morgan fingerprint density at radius 1 is 0.788 bits per heavy atom. The monoisotopic (exact) mass is 443 g/mol. The first-order valence-corrected chi connectivity index (χ1v) is 11.3. The third-order valence-electron chi connectivity index (χ3n) is 5.29. The third-order valence-corrected chi connectivity index (χ3v) is 5.29. The number of carbonyl (C=O) groups excluding carboxylic acids is 1. The van der Waals surface area contributed by atoms with Crippen LogP contribution in [0.2, 0.25) is 0 Å². The van der Waals surface area contributed by atoms with Gasteiger partial charge in [-0.1, -0.05) is 68.4 Å². The zero-order valence-corrected chi connectivity index (χ0v) is 20.2. The van der Waals surface area contributed by atoms with E-state index in [4.69, 9.17) is 9.47 Å². The smallest absolute Gasteiger partial charge is 0.308 e. The molecule has 33 heavy (non-hydrogen) atoms. The molecule has 3 rings (SSSR count). The summed E-state index contributed by atoms with van der Waals surface area (Å²) in [6.45, 7) is 7.36. The number of likely N-dealkylation sites (N-methyl/N-ethyl adjacent to an activating group) is 1. The van der Waals surface area contributed by atoms with Crippen LogP contribution < -0.4 is 9.47 Å². The van der Waals surface area contributed by atoms with Crippen LogP contribution in [-0.4, -0.2) is 38.1 Å². The molecule has 0 amide bonds. The molecule has 0 heterocycles. The summed E-state index contributed by atoms with van der Waals surface area (Å²) < 4.78 is 11.1. The Hall–Kier alpha value is -3.37. The van der Waals surface area contributed by atoms with Crippen LogP contribution >= 0.6 is 0 Å². The van der Waals surface area contributed by atoms with E-state index in [1.54, 1.807) is 0 Å². The number of benzene rings is 3. The molecule has 0 saturated carbocycles. The molecule has 3 aromatic rings. The fourth-order valence-corrected chi connectivity index (χ4v) is 3.78. The quantitative estimate of drug-likeness (QED) is 0.225. The van der Waals surface area contributed by atoms with E-state index in [0.717, 1.165) is 29.0 Å². The summed E-state index contributed by atoms with van der Waals surface area (Å²) in [5.74, 6) is 1.37. The molecule has 0 aliphatic rings. The Balaban J connectivity index is 2.07. The first-order chi connectivity index (χ1) is 15.8. The molecule has 0 aliphatic carbocycles. The molecule has 4 nitrogen and oxygen atoms in total. The molecule has 0 fully saturated rings. The van der Waals surface area contributed by atoms with Crippen molar-refractivity contribution in [3.63, 3.8) is 0 Å². The van der Waals surface area contributed by atoms with E-state index in [0.29, 0.717) is 18.3 Å². The maximum Gasteiger partial charge on any atom is 0.308 e. The van der Waals surface area contributed by atoms with E-state index in [1.165, 1.54) is 18.1 Å². The van der Waals surface area contributed by atoms with Gasteiger partial charge in [-0.2, -0.15) is 0 Å². The molecule has 0 spiro atoms. The zero-order valence-electron chi connectivity index (χ0n) is 20.2. The van der Waals surface area contributed by atoms with E-state index >= 15 is 0 Å². The number of esters is 1. The highest BCUT2D eigenvalue weighted by Gasteiger charge is 2.17. The lowest BCUT2D eigenvalue weighted by Crippen LogP contribution is -2.19. The van der Waals surface area contributed by atoms with Gasteiger partial charge in [-0.05, 0) is 72.1 Å². The highest BCUT2D eigenvalue weighted by molar-refractivity contribution is 5.99. The second kappa shape index (κ2) is 11.5. The van der Waals surface area contributed by atoms with Crippen molar-refractivity contribution < 1.29 is 14.3 Å². The van der Waals surface area contributed by atoms with Gasteiger partial charge in [0.1, 0.15) is 18.1 Å². The van der Waals surface area contributed by atoms with Gasteiger partial charge in [0.15, 0.2) is 0 Å². The van der Waals surface area contributed by atoms with Gasteiger partial charge in [-0.3, -0.25) is 4.79 Å². The van der Waals surface area contributed by atoms with Crippen LogP contribution in [0.4, 0.5) is 0 Å². The minimum Gasteiger partial charge on any atom is -0.492 e. The summed E-state index contributed by atoms with van der Waals surface area (Å²) in [6.07, 6.45) is 0. The van der Waals surface area contributed by atoms with Crippen molar-refractivity contribution in [1.82, 2.24) is 4.90 Å². The molecule has 0 atom stereocenters. The van der Waals surface area contributed by atoms with E-state index in [2.05, 4.69) is 55.1 Å². The maximum absolute atomic E-state index is 11.3. The van der Waals surface area contributed by atoms with Crippen LogP contribution in [-0.2, 0) is 4.79 Å². The maximum atomic E-state index is 11.3. The van der Waals surface area contributed by atoms with E-state index in [9.17, 15) is 4.79 Å². The molecule has 3 aromatic carbocycles. The molecule has 172 valence electrons. The van der Waals surface area contributed by atoms with Gasteiger partial charge in [-0.15, -0.1) is 0 Å². The number of hydrogen-bond donors (Lipinski definition) is 0. The molecule has 0 unspecified atom stereocenters. The number of ether oxygens (including phenoxy) is 2. The lowest BCUT2D eigenvalue weighted by atomic mass is 9.84. The Morgan fingerprint density at radius 3 is 1.82 bits per heavy atom. The van der Waals surface area contributed by atoms with Crippen molar-refractivity contribution in [2.24, 2.45) is 5.92 Å². The summed E-state index contributed by atoms with van der Waals surface area (Å²) in [4.78, 5) is 13.4. The average Bonchev–Trinajstić information content (AvgIpc) is 2.78. The molecule has 0 saturated heterocycles. The molecule has 0 aliphatic heterocycles. The SMILES string of the molecule is CC(=O)Oc1ccc(/C(=C(\c2ccccc2)C(C)C)c2ccc(OCCN(C)C)cc2)cc1. The minimum absolute atomic E-state index is 0.298. The molecule has 0 N–H and O–H groups in total.